The highest BCUT2D eigenvalue weighted by atomic mass is 16.2. The molecule has 2 heterocycles. The highest BCUT2D eigenvalue weighted by Crippen LogP contribution is 2.18. The Hall–Kier alpha value is -3.45. The van der Waals surface area contributed by atoms with Gasteiger partial charge in [-0.05, 0) is 29.3 Å². The summed E-state index contributed by atoms with van der Waals surface area (Å²) in [5.74, 6) is -0.290. The van der Waals surface area contributed by atoms with Crippen LogP contribution in [0.4, 0.5) is 5.69 Å². The van der Waals surface area contributed by atoms with Crippen molar-refractivity contribution in [1.29, 1.82) is 0 Å². The zero-order chi connectivity index (χ0) is 21.6. The Bertz CT molecular complexity index is 1090. The molecule has 1 fully saturated rings. The van der Waals surface area contributed by atoms with Crippen molar-refractivity contribution < 1.29 is 4.79 Å². The molecular weight excluding hydrogens is 390 g/mol. The van der Waals surface area contributed by atoms with E-state index in [2.05, 4.69) is 50.5 Å². The summed E-state index contributed by atoms with van der Waals surface area (Å²) in [5, 5.41) is 6.94. The minimum Gasteiger partial charge on any atom is -0.369 e. The van der Waals surface area contributed by atoms with Gasteiger partial charge in [0.15, 0.2) is 0 Å². The summed E-state index contributed by atoms with van der Waals surface area (Å²) in [6.07, 6.45) is 0. The second kappa shape index (κ2) is 9.57. The second-order valence-corrected chi connectivity index (χ2v) is 7.73. The number of piperazine rings is 1. The van der Waals surface area contributed by atoms with E-state index in [0.717, 1.165) is 43.0 Å². The van der Waals surface area contributed by atoms with Crippen molar-refractivity contribution in [2.45, 2.75) is 13.1 Å². The lowest BCUT2D eigenvalue weighted by Gasteiger charge is -2.36. The molecule has 0 spiro atoms. The summed E-state index contributed by atoms with van der Waals surface area (Å²) < 4.78 is 1.16. The molecule has 1 amide bonds. The van der Waals surface area contributed by atoms with Crippen molar-refractivity contribution in [3.8, 4) is 0 Å². The molecule has 0 aliphatic carbocycles. The molecule has 160 valence electrons. The maximum absolute atomic E-state index is 12.4. The number of carbonyl (C=O) groups is 1. The van der Waals surface area contributed by atoms with Gasteiger partial charge in [0.05, 0.1) is 0 Å². The van der Waals surface area contributed by atoms with Crippen LogP contribution in [0.3, 0.4) is 0 Å². The van der Waals surface area contributed by atoms with Crippen molar-refractivity contribution in [1.82, 2.24) is 20.0 Å². The molecule has 2 aromatic carbocycles. The van der Waals surface area contributed by atoms with Gasteiger partial charge in [-0.1, -0.05) is 42.5 Å². The molecule has 1 aromatic heterocycles. The summed E-state index contributed by atoms with van der Waals surface area (Å²) in [7, 11) is 1.53. The van der Waals surface area contributed by atoms with Gasteiger partial charge in [-0.15, -0.1) is 0 Å². The molecule has 7 nitrogen and oxygen atoms in total. The number of nitrogens with one attached hydrogen (secondary N) is 1. The molecular formula is C24H27N5O2. The van der Waals surface area contributed by atoms with Crippen molar-refractivity contribution in [3.05, 3.63) is 93.9 Å². The Morgan fingerprint density at radius 1 is 0.903 bits per heavy atom. The van der Waals surface area contributed by atoms with Gasteiger partial charge in [0.2, 0.25) is 0 Å². The Morgan fingerprint density at radius 3 is 2.29 bits per heavy atom. The number of aromatic nitrogens is 2. The highest BCUT2D eigenvalue weighted by molar-refractivity contribution is 5.91. The summed E-state index contributed by atoms with van der Waals surface area (Å²) in [4.78, 5) is 28.8. The van der Waals surface area contributed by atoms with Crippen LogP contribution < -0.4 is 15.8 Å². The fourth-order valence-electron chi connectivity index (χ4n) is 3.82. The first-order valence-electron chi connectivity index (χ1n) is 10.5. The molecule has 7 heteroatoms. The Balaban J connectivity index is 1.35. The van der Waals surface area contributed by atoms with Gasteiger partial charge >= 0.3 is 0 Å². The second-order valence-electron chi connectivity index (χ2n) is 7.73. The standard InChI is InChI=1S/C24H27N5O2/c1-27-23(30)12-11-22(26-27)24(31)25-17-19-7-5-6-8-20(19)18-28-13-15-29(16-14-28)21-9-3-2-4-10-21/h2-12H,13-18H2,1H3,(H,25,31). The predicted molar refractivity (Wildman–Crippen MR) is 121 cm³/mol. The van der Waals surface area contributed by atoms with Crippen molar-refractivity contribution >= 4 is 11.6 Å². The average molecular weight is 418 g/mol. The molecule has 31 heavy (non-hydrogen) atoms. The van der Waals surface area contributed by atoms with Gasteiger partial charge in [-0.25, -0.2) is 4.68 Å². The van der Waals surface area contributed by atoms with Gasteiger partial charge in [-0.2, -0.15) is 5.10 Å². The quantitative estimate of drug-likeness (QED) is 0.665. The molecule has 1 aliphatic heterocycles. The van der Waals surface area contributed by atoms with Gasteiger partial charge in [0.25, 0.3) is 11.5 Å². The molecule has 0 saturated carbocycles. The number of para-hydroxylation sites is 1. The normalized spacial score (nSPS) is 14.4. The van der Waals surface area contributed by atoms with E-state index in [4.69, 9.17) is 0 Å². The Morgan fingerprint density at radius 2 is 1.58 bits per heavy atom. The SMILES string of the molecule is Cn1nc(C(=O)NCc2ccccc2CN2CCN(c3ccccc3)CC2)ccc1=O. The van der Waals surface area contributed by atoms with E-state index in [1.54, 1.807) is 0 Å². The predicted octanol–water partition coefficient (Wildman–Crippen LogP) is 2.03. The van der Waals surface area contributed by atoms with Crippen LogP contribution in [0.15, 0.2) is 71.5 Å². The molecule has 0 radical (unpaired) electrons. The highest BCUT2D eigenvalue weighted by Gasteiger charge is 2.18. The number of hydrogen-bond donors (Lipinski definition) is 1. The summed E-state index contributed by atoms with van der Waals surface area (Å²) in [6, 6.07) is 21.5. The fourth-order valence-corrected chi connectivity index (χ4v) is 3.82. The lowest BCUT2D eigenvalue weighted by atomic mass is 10.1. The van der Waals surface area contributed by atoms with E-state index in [1.807, 2.05) is 24.3 Å². The smallest absolute Gasteiger partial charge is 0.271 e. The number of carbonyl (C=O) groups excluding carboxylic acids is 1. The Labute approximate surface area is 181 Å². The third kappa shape index (κ3) is 5.19. The number of nitrogens with zero attached hydrogens (tertiary/aromatic N) is 4. The zero-order valence-electron chi connectivity index (χ0n) is 17.7. The van der Waals surface area contributed by atoms with Crippen LogP contribution in [0, 0.1) is 0 Å². The van der Waals surface area contributed by atoms with Crippen LogP contribution in [0.25, 0.3) is 0 Å². The summed E-state index contributed by atoms with van der Waals surface area (Å²) in [6.45, 7) is 5.27. The third-order valence-corrected chi connectivity index (χ3v) is 5.64. The van der Waals surface area contributed by atoms with Crippen LogP contribution in [0.1, 0.15) is 21.6 Å². The monoisotopic (exact) mass is 417 g/mol. The van der Waals surface area contributed by atoms with Crippen LogP contribution >= 0.6 is 0 Å². The molecule has 0 bridgehead atoms. The molecule has 1 N–H and O–H groups in total. The number of rotatable bonds is 6. The number of benzene rings is 2. The van der Waals surface area contributed by atoms with E-state index >= 15 is 0 Å². The van der Waals surface area contributed by atoms with E-state index < -0.39 is 0 Å². The van der Waals surface area contributed by atoms with E-state index in [-0.39, 0.29) is 17.2 Å². The van der Waals surface area contributed by atoms with Crippen molar-refractivity contribution in [2.24, 2.45) is 7.05 Å². The van der Waals surface area contributed by atoms with Crippen molar-refractivity contribution in [2.75, 3.05) is 31.1 Å². The van der Waals surface area contributed by atoms with Crippen molar-refractivity contribution in [3.63, 3.8) is 0 Å². The van der Waals surface area contributed by atoms with Crippen LogP contribution in [0.2, 0.25) is 0 Å². The van der Waals surface area contributed by atoms with Gasteiger partial charge in [0.1, 0.15) is 5.69 Å². The minimum atomic E-state index is -0.290. The average Bonchev–Trinajstić information content (AvgIpc) is 2.81. The summed E-state index contributed by atoms with van der Waals surface area (Å²) >= 11 is 0. The molecule has 0 atom stereocenters. The Kier molecular flexibility index (Phi) is 6.43. The molecule has 1 saturated heterocycles. The first kappa shape index (κ1) is 20.8. The molecule has 4 rings (SSSR count). The number of amides is 1. The van der Waals surface area contributed by atoms with E-state index in [0.29, 0.717) is 6.54 Å². The molecule has 3 aromatic rings. The maximum Gasteiger partial charge on any atom is 0.271 e. The van der Waals surface area contributed by atoms with E-state index in [1.165, 1.54) is 30.4 Å². The number of aryl methyl sites for hydroxylation is 1. The molecule has 1 aliphatic rings. The lowest BCUT2D eigenvalue weighted by Crippen LogP contribution is -2.46. The first-order chi connectivity index (χ1) is 15.1. The van der Waals surface area contributed by atoms with Gasteiger partial charge in [-0.3, -0.25) is 14.5 Å². The zero-order valence-corrected chi connectivity index (χ0v) is 17.7. The van der Waals surface area contributed by atoms with E-state index in [9.17, 15) is 9.59 Å². The number of anilines is 1. The minimum absolute atomic E-state index is 0.233. The third-order valence-electron chi connectivity index (χ3n) is 5.64. The first-order valence-corrected chi connectivity index (χ1v) is 10.5. The number of hydrogen-bond acceptors (Lipinski definition) is 5. The van der Waals surface area contributed by atoms with Crippen LogP contribution in [-0.2, 0) is 20.1 Å². The molecule has 0 unspecified atom stereocenters. The fraction of sp³-hybridized carbons (Fsp3) is 0.292. The van der Waals surface area contributed by atoms with Crippen LogP contribution in [0.5, 0.6) is 0 Å². The van der Waals surface area contributed by atoms with Crippen LogP contribution in [-0.4, -0.2) is 46.8 Å². The summed E-state index contributed by atoms with van der Waals surface area (Å²) in [5.41, 5.74) is 3.57. The largest absolute Gasteiger partial charge is 0.369 e. The van der Waals surface area contributed by atoms with Gasteiger partial charge in [0, 0.05) is 58.1 Å². The maximum atomic E-state index is 12.4. The topological polar surface area (TPSA) is 70.5 Å². The van der Waals surface area contributed by atoms with Gasteiger partial charge < -0.3 is 10.2 Å². The lowest BCUT2D eigenvalue weighted by molar-refractivity contribution is 0.0943.